The van der Waals surface area contributed by atoms with E-state index in [1.807, 2.05) is 0 Å². The predicted molar refractivity (Wildman–Crippen MR) is 79.9 cm³/mol. The Labute approximate surface area is 112 Å². The van der Waals surface area contributed by atoms with Crippen molar-refractivity contribution < 1.29 is 0 Å². The Morgan fingerprint density at radius 3 is 2.76 bits per heavy atom. The maximum absolute atomic E-state index is 3.72. The van der Waals surface area contributed by atoms with Crippen LogP contribution in [-0.4, -0.2) is 48.6 Å². The minimum Gasteiger partial charge on any atom is -0.313 e. The minimum atomic E-state index is 0.680. The van der Waals surface area contributed by atoms with Crippen molar-refractivity contribution in [2.75, 3.05) is 31.6 Å². The van der Waals surface area contributed by atoms with Crippen LogP contribution in [-0.2, 0) is 0 Å². The molecule has 0 radical (unpaired) electrons. The van der Waals surface area contributed by atoms with Crippen molar-refractivity contribution in [1.29, 1.82) is 0 Å². The van der Waals surface area contributed by atoms with E-state index < -0.39 is 0 Å². The average Bonchev–Trinajstić information content (AvgIpc) is 2.29. The van der Waals surface area contributed by atoms with Gasteiger partial charge in [0.05, 0.1) is 0 Å². The van der Waals surface area contributed by atoms with Crippen LogP contribution in [0.2, 0.25) is 0 Å². The molecule has 0 aliphatic carbocycles. The third kappa shape index (κ3) is 5.19. The summed E-state index contributed by atoms with van der Waals surface area (Å²) in [6.07, 6.45) is 4.01. The molecule has 102 valence electrons. The summed E-state index contributed by atoms with van der Waals surface area (Å²) in [5.41, 5.74) is 0. The molecule has 0 aromatic heterocycles. The number of nitrogens with zero attached hydrogens (tertiary/aromatic N) is 1. The van der Waals surface area contributed by atoms with Crippen LogP contribution in [0.5, 0.6) is 0 Å². The zero-order chi connectivity index (χ0) is 12.7. The summed E-state index contributed by atoms with van der Waals surface area (Å²) >= 11 is 2.12. The molecule has 1 N–H and O–H groups in total. The van der Waals surface area contributed by atoms with Crippen molar-refractivity contribution in [3.8, 4) is 0 Å². The van der Waals surface area contributed by atoms with Gasteiger partial charge in [0, 0.05) is 30.1 Å². The normalized spacial score (nSPS) is 25.8. The summed E-state index contributed by atoms with van der Waals surface area (Å²) in [5.74, 6) is 3.45. The van der Waals surface area contributed by atoms with Crippen molar-refractivity contribution >= 4 is 11.8 Å². The lowest BCUT2D eigenvalue weighted by Crippen LogP contribution is -2.53. The van der Waals surface area contributed by atoms with Gasteiger partial charge in [-0.15, -0.1) is 0 Å². The maximum Gasteiger partial charge on any atom is 0.0337 e. The zero-order valence-electron chi connectivity index (χ0n) is 12.0. The van der Waals surface area contributed by atoms with Crippen LogP contribution in [0.3, 0.4) is 0 Å². The minimum absolute atomic E-state index is 0.680. The van der Waals surface area contributed by atoms with E-state index in [1.54, 1.807) is 0 Å². The molecule has 0 spiro atoms. The van der Waals surface area contributed by atoms with Crippen molar-refractivity contribution in [1.82, 2.24) is 10.2 Å². The van der Waals surface area contributed by atoms with Crippen molar-refractivity contribution in [2.24, 2.45) is 5.92 Å². The number of likely N-dealkylation sites (N-methyl/N-ethyl adjacent to an activating group) is 2. The first-order valence-electron chi connectivity index (χ1n) is 7.20. The molecule has 3 atom stereocenters. The highest BCUT2D eigenvalue weighted by atomic mass is 32.2. The fourth-order valence-corrected chi connectivity index (χ4v) is 4.12. The number of nitrogens with one attached hydrogen (secondary N) is 1. The van der Waals surface area contributed by atoms with Gasteiger partial charge in [0.25, 0.3) is 0 Å². The second-order valence-corrected chi connectivity index (χ2v) is 6.57. The summed E-state index contributed by atoms with van der Waals surface area (Å²) in [4.78, 5) is 2.56. The van der Waals surface area contributed by atoms with Gasteiger partial charge in [0.15, 0.2) is 0 Å². The van der Waals surface area contributed by atoms with E-state index in [0.29, 0.717) is 6.04 Å². The van der Waals surface area contributed by atoms with Gasteiger partial charge in [-0.3, -0.25) is 0 Å². The lowest BCUT2D eigenvalue weighted by atomic mass is 9.93. The van der Waals surface area contributed by atoms with Crippen molar-refractivity contribution in [2.45, 2.75) is 52.1 Å². The summed E-state index contributed by atoms with van der Waals surface area (Å²) in [7, 11) is 2.29. The summed E-state index contributed by atoms with van der Waals surface area (Å²) in [6, 6.07) is 1.41. The summed E-state index contributed by atoms with van der Waals surface area (Å²) < 4.78 is 0. The number of hydrogen-bond donors (Lipinski definition) is 1. The van der Waals surface area contributed by atoms with Gasteiger partial charge < -0.3 is 10.2 Å². The second kappa shape index (κ2) is 8.39. The molecule has 1 heterocycles. The van der Waals surface area contributed by atoms with Gasteiger partial charge in [0.1, 0.15) is 0 Å². The predicted octanol–water partition coefficient (Wildman–Crippen LogP) is 2.84. The van der Waals surface area contributed by atoms with Gasteiger partial charge in [-0.2, -0.15) is 11.8 Å². The molecule has 0 aromatic carbocycles. The first-order valence-corrected chi connectivity index (χ1v) is 8.35. The van der Waals surface area contributed by atoms with Gasteiger partial charge in [0.2, 0.25) is 0 Å². The van der Waals surface area contributed by atoms with Crippen LogP contribution in [0.1, 0.15) is 40.0 Å². The number of rotatable bonds is 7. The zero-order valence-corrected chi connectivity index (χ0v) is 12.9. The van der Waals surface area contributed by atoms with E-state index in [-0.39, 0.29) is 0 Å². The first-order chi connectivity index (χ1) is 8.19. The average molecular weight is 258 g/mol. The molecule has 1 aliphatic heterocycles. The highest BCUT2D eigenvalue weighted by Crippen LogP contribution is 2.22. The van der Waals surface area contributed by atoms with Crippen LogP contribution < -0.4 is 5.32 Å². The number of hydrogen-bond acceptors (Lipinski definition) is 3. The SMILES string of the molecule is CCCC(C)CC(NCC)C1CSCCN1C. The van der Waals surface area contributed by atoms with Gasteiger partial charge in [-0.25, -0.2) is 0 Å². The quantitative estimate of drug-likeness (QED) is 0.756. The van der Waals surface area contributed by atoms with E-state index in [9.17, 15) is 0 Å². The van der Waals surface area contributed by atoms with Crippen LogP contribution in [0.15, 0.2) is 0 Å². The first kappa shape index (κ1) is 15.3. The third-order valence-electron chi connectivity index (χ3n) is 3.81. The van der Waals surface area contributed by atoms with E-state index in [1.165, 1.54) is 37.3 Å². The molecule has 1 saturated heterocycles. The molecule has 0 bridgehead atoms. The Morgan fingerprint density at radius 1 is 1.41 bits per heavy atom. The monoisotopic (exact) mass is 258 g/mol. The topological polar surface area (TPSA) is 15.3 Å². The molecule has 0 saturated carbocycles. The molecule has 1 fully saturated rings. The Balaban J connectivity index is 2.50. The summed E-state index contributed by atoms with van der Waals surface area (Å²) in [6.45, 7) is 9.27. The molecule has 3 unspecified atom stereocenters. The van der Waals surface area contributed by atoms with E-state index in [0.717, 1.165) is 18.5 Å². The molecule has 0 amide bonds. The fourth-order valence-electron chi connectivity index (χ4n) is 2.81. The van der Waals surface area contributed by atoms with E-state index in [2.05, 4.69) is 49.8 Å². The Bertz CT molecular complexity index is 199. The van der Waals surface area contributed by atoms with Gasteiger partial charge in [-0.05, 0) is 25.9 Å². The molecule has 17 heavy (non-hydrogen) atoms. The molecular weight excluding hydrogens is 228 g/mol. The highest BCUT2D eigenvalue weighted by Gasteiger charge is 2.28. The maximum atomic E-state index is 3.72. The van der Waals surface area contributed by atoms with E-state index in [4.69, 9.17) is 0 Å². The molecule has 1 rings (SSSR count). The Kier molecular flexibility index (Phi) is 7.56. The smallest absolute Gasteiger partial charge is 0.0337 e. The third-order valence-corrected chi connectivity index (χ3v) is 4.86. The highest BCUT2D eigenvalue weighted by molar-refractivity contribution is 7.99. The van der Waals surface area contributed by atoms with Crippen LogP contribution >= 0.6 is 11.8 Å². The molecule has 2 nitrogen and oxygen atoms in total. The van der Waals surface area contributed by atoms with E-state index >= 15 is 0 Å². The lowest BCUT2D eigenvalue weighted by molar-refractivity contribution is 0.195. The second-order valence-electron chi connectivity index (χ2n) is 5.42. The molecule has 3 heteroatoms. The fraction of sp³-hybridized carbons (Fsp3) is 1.00. The van der Waals surface area contributed by atoms with Crippen LogP contribution in [0.25, 0.3) is 0 Å². The standard InChI is InChI=1S/C14H30N2S/c1-5-7-12(3)10-13(15-6-2)14-11-17-9-8-16(14)4/h12-15H,5-11H2,1-4H3. The Morgan fingerprint density at radius 2 is 2.18 bits per heavy atom. The largest absolute Gasteiger partial charge is 0.313 e. The van der Waals surface area contributed by atoms with Crippen molar-refractivity contribution in [3.05, 3.63) is 0 Å². The van der Waals surface area contributed by atoms with Crippen LogP contribution in [0, 0.1) is 5.92 Å². The molecule has 0 aromatic rings. The Hall–Kier alpha value is 0.270. The molecule has 1 aliphatic rings. The number of thioether (sulfide) groups is 1. The van der Waals surface area contributed by atoms with Crippen LogP contribution in [0.4, 0.5) is 0 Å². The van der Waals surface area contributed by atoms with Crippen molar-refractivity contribution in [3.63, 3.8) is 0 Å². The summed E-state index contributed by atoms with van der Waals surface area (Å²) in [5, 5.41) is 3.72. The molecular formula is C14H30N2S. The van der Waals surface area contributed by atoms with Gasteiger partial charge in [-0.1, -0.05) is 33.6 Å². The lowest BCUT2D eigenvalue weighted by Gasteiger charge is -2.39. The van der Waals surface area contributed by atoms with Gasteiger partial charge >= 0.3 is 0 Å².